The van der Waals surface area contributed by atoms with Gasteiger partial charge in [0.25, 0.3) is 0 Å². The highest BCUT2D eigenvalue weighted by Gasteiger charge is 2.08. The Morgan fingerprint density at radius 2 is 2.21 bits per heavy atom. The maximum absolute atomic E-state index is 11.6. The molecule has 1 aromatic heterocycles. The molecule has 2 rings (SSSR count). The van der Waals surface area contributed by atoms with Crippen molar-refractivity contribution in [2.45, 2.75) is 9.92 Å². The first-order valence-corrected chi connectivity index (χ1v) is 8.80. The third-order valence-electron chi connectivity index (χ3n) is 2.78. The van der Waals surface area contributed by atoms with Gasteiger partial charge in [0.15, 0.2) is 11.4 Å². The summed E-state index contributed by atoms with van der Waals surface area (Å²) in [6, 6.07) is 10.8. The quantitative estimate of drug-likeness (QED) is 0.294. The Hall–Kier alpha value is -2.50. The van der Waals surface area contributed by atoms with Crippen molar-refractivity contribution in [3.63, 3.8) is 0 Å². The summed E-state index contributed by atoms with van der Waals surface area (Å²) in [5.41, 5.74) is 1.17. The first-order valence-electron chi connectivity index (χ1n) is 6.76. The standard InChI is InChI=1S/C16H14N4O2S2/c1-22-15(21)11-6-7-18-14(8-11)24-13-5-3-4-12(9-13)20-16(23-2)19-10-17/h3-9H,1-2H3,(H,19,20). The fourth-order valence-corrected chi connectivity index (χ4v) is 2.95. The van der Waals surface area contributed by atoms with Gasteiger partial charge >= 0.3 is 5.97 Å². The lowest BCUT2D eigenvalue weighted by atomic mass is 10.3. The van der Waals surface area contributed by atoms with Gasteiger partial charge in [-0.1, -0.05) is 29.6 Å². The minimum Gasteiger partial charge on any atom is -0.465 e. The molecule has 0 atom stereocenters. The van der Waals surface area contributed by atoms with Gasteiger partial charge in [-0.15, -0.1) is 0 Å². The molecule has 1 aromatic carbocycles. The number of hydrogen-bond donors (Lipinski definition) is 1. The number of pyridine rings is 1. The van der Waals surface area contributed by atoms with Gasteiger partial charge in [0.05, 0.1) is 18.4 Å². The van der Waals surface area contributed by atoms with Gasteiger partial charge in [0.1, 0.15) is 5.03 Å². The molecule has 0 aliphatic carbocycles. The third kappa shape index (κ3) is 5.01. The second kappa shape index (κ2) is 8.96. The lowest BCUT2D eigenvalue weighted by Gasteiger charge is -2.05. The van der Waals surface area contributed by atoms with Crippen LogP contribution in [0, 0.1) is 11.5 Å². The number of carbonyl (C=O) groups is 1. The summed E-state index contributed by atoms with van der Waals surface area (Å²) in [7, 11) is 1.34. The molecule has 0 saturated heterocycles. The highest BCUT2D eigenvalue weighted by atomic mass is 32.2. The summed E-state index contributed by atoms with van der Waals surface area (Å²) in [5.74, 6) is -0.398. The number of nitrogens with zero attached hydrogens (tertiary/aromatic N) is 3. The van der Waals surface area contributed by atoms with Gasteiger partial charge in [-0.2, -0.15) is 5.26 Å². The van der Waals surface area contributed by atoms with E-state index in [1.54, 1.807) is 18.3 Å². The van der Waals surface area contributed by atoms with Crippen LogP contribution in [0.3, 0.4) is 0 Å². The number of benzene rings is 1. The minimum atomic E-state index is -0.398. The van der Waals surface area contributed by atoms with Gasteiger partial charge in [0.2, 0.25) is 0 Å². The molecule has 122 valence electrons. The first-order chi connectivity index (χ1) is 11.7. The summed E-state index contributed by atoms with van der Waals surface area (Å²) < 4.78 is 4.71. The summed E-state index contributed by atoms with van der Waals surface area (Å²) in [6.07, 6.45) is 5.26. The van der Waals surface area contributed by atoms with Crippen LogP contribution >= 0.6 is 23.5 Å². The summed E-state index contributed by atoms with van der Waals surface area (Å²) in [4.78, 5) is 21.1. The van der Waals surface area contributed by atoms with E-state index in [9.17, 15) is 4.79 Å². The number of nitriles is 1. The molecule has 0 aliphatic rings. The SMILES string of the molecule is COC(=O)c1ccnc(Sc2cccc(N=C(NC#N)SC)c2)c1. The minimum absolute atomic E-state index is 0.398. The number of thioether (sulfide) groups is 1. The highest BCUT2D eigenvalue weighted by Crippen LogP contribution is 2.29. The number of carbonyl (C=O) groups excluding carboxylic acids is 1. The monoisotopic (exact) mass is 358 g/mol. The van der Waals surface area contributed by atoms with Crippen molar-refractivity contribution < 1.29 is 9.53 Å². The lowest BCUT2D eigenvalue weighted by Crippen LogP contribution is -2.12. The number of ether oxygens (including phenoxy) is 1. The number of methoxy groups -OCH3 is 1. The van der Waals surface area contributed by atoms with E-state index in [0.717, 1.165) is 10.6 Å². The zero-order chi connectivity index (χ0) is 17.4. The molecule has 0 aliphatic heterocycles. The van der Waals surface area contributed by atoms with Crippen LogP contribution < -0.4 is 5.32 Å². The average molecular weight is 358 g/mol. The lowest BCUT2D eigenvalue weighted by molar-refractivity contribution is 0.0600. The number of amidine groups is 1. The number of aromatic nitrogens is 1. The molecule has 0 fully saturated rings. The van der Waals surface area contributed by atoms with Gasteiger partial charge < -0.3 is 4.74 Å². The maximum atomic E-state index is 11.6. The number of hydrogen-bond acceptors (Lipinski definition) is 7. The van der Waals surface area contributed by atoms with E-state index in [2.05, 4.69) is 15.3 Å². The predicted octanol–water partition coefficient (Wildman–Crippen LogP) is 3.44. The molecule has 6 nitrogen and oxygen atoms in total. The molecule has 0 bridgehead atoms. The second-order valence-electron chi connectivity index (χ2n) is 4.33. The maximum Gasteiger partial charge on any atom is 0.337 e. The van der Waals surface area contributed by atoms with E-state index in [4.69, 9.17) is 10.00 Å². The summed E-state index contributed by atoms with van der Waals surface area (Å²) in [6.45, 7) is 0. The molecule has 24 heavy (non-hydrogen) atoms. The van der Waals surface area contributed by atoms with E-state index < -0.39 is 5.97 Å². The number of esters is 1. The van der Waals surface area contributed by atoms with Crippen LogP contribution in [0.2, 0.25) is 0 Å². The molecular weight excluding hydrogens is 344 g/mol. The second-order valence-corrected chi connectivity index (χ2v) is 6.22. The Morgan fingerprint density at radius 3 is 2.92 bits per heavy atom. The smallest absolute Gasteiger partial charge is 0.337 e. The van der Waals surface area contributed by atoms with Crippen LogP contribution in [0.1, 0.15) is 10.4 Å². The van der Waals surface area contributed by atoms with E-state index in [1.807, 2.05) is 36.7 Å². The van der Waals surface area contributed by atoms with Crippen molar-refractivity contribution in [3.8, 4) is 6.19 Å². The largest absolute Gasteiger partial charge is 0.465 e. The number of nitrogens with one attached hydrogen (secondary N) is 1. The van der Waals surface area contributed by atoms with Gasteiger partial charge in [-0.3, -0.25) is 5.32 Å². The predicted molar refractivity (Wildman–Crippen MR) is 95.5 cm³/mol. The van der Waals surface area contributed by atoms with Crippen molar-refractivity contribution in [3.05, 3.63) is 48.2 Å². The van der Waals surface area contributed by atoms with E-state index in [1.165, 1.54) is 30.6 Å². The number of aliphatic imine (C=N–C) groups is 1. The van der Waals surface area contributed by atoms with Crippen LogP contribution in [0.15, 0.2) is 57.5 Å². The van der Waals surface area contributed by atoms with Crippen molar-refractivity contribution in [1.29, 1.82) is 5.26 Å². The summed E-state index contributed by atoms with van der Waals surface area (Å²) >= 11 is 2.76. The van der Waals surface area contributed by atoms with E-state index in [0.29, 0.717) is 15.8 Å². The van der Waals surface area contributed by atoms with Gasteiger partial charge in [0, 0.05) is 11.1 Å². The normalized spacial score (nSPS) is 10.8. The Labute approximate surface area is 148 Å². The molecule has 1 N–H and O–H groups in total. The van der Waals surface area contributed by atoms with Crippen molar-refractivity contribution >= 4 is 40.3 Å². The third-order valence-corrected chi connectivity index (χ3v) is 4.28. The Bertz CT molecular complexity index is 803. The molecule has 0 spiro atoms. The van der Waals surface area contributed by atoms with Crippen LogP contribution in [0.5, 0.6) is 0 Å². The molecular formula is C16H14N4O2S2. The Balaban J connectivity index is 2.21. The molecule has 0 radical (unpaired) electrons. The molecule has 8 heteroatoms. The van der Waals surface area contributed by atoms with Crippen LogP contribution in [0.25, 0.3) is 0 Å². The average Bonchev–Trinajstić information content (AvgIpc) is 2.61. The van der Waals surface area contributed by atoms with Crippen LogP contribution in [-0.4, -0.2) is 29.5 Å². The molecule has 1 heterocycles. The Kier molecular flexibility index (Phi) is 6.66. The van der Waals surface area contributed by atoms with Gasteiger partial charge in [-0.25, -0.2) is 14.8 Å². The van der Waals surface area contributed by atoms with E-state index >= 15 is 0 Å². The Morgan fingerprint density at radius 1 is 1.38 bits per heavy atom. The summed E-state index contributed by atoms with van der Waals surface area (Å²) in [5, 5.41) is 12.4. The van der Waals surface area contributed by atoms with E-state index in [-0.39, 0.29) is 0 Å². The number of rotatable bonds is 4. The highest BCUT2D eigenvalue weighted by molar-refractivity contribution is 8.13. The molecule has 0 saturated carbocycles. The van der Waals surface area contributed by atoms with Crippen molar-refractivity contribution in [2.75, 3.05) is 13.4 Å². The zero-order valence-corrected chi connectivity index (χ0v) is 14.6. The molecule has 2 aromatic rings. The molecule has 0 unspecified atom stereocenters. The van der Waals surface area contributed by atoms with Crippen LogP contribution in [-0.2, 0) is 4.74 Å². The zero-order valence-electron chi connectivity index (χ0n) is 13.0. The fraction of sp³-hybridized carbons (Fsp3) is 0.125. The van der Waals surface area contributed by atoms with Crippen molar-refractivity contribution in [2.24, 2.45) is 4.99 Å². The van der Waals surface area contributed by atoms with Crippen molar-refractivity contribution in [1.82, 2.24) is 10.3 Å². The topological polar surface area (TPSA) is 87.4 Å². The van der Waals surface area contributed by atoms with Gasteiger partial charge in [-0.05, 0) is 36.6 Å². The van der Waals surface area contributed by atoms with Crippen LogP contribution in [0.4, 0.5) is 5.69 Å². The molecule has 0 amide bonds. The first kappa shape index (κ1) is 17.8. The fourth-order valence-electron chi connectivity index (χ4n) is 1.74.